The number of para-hydroxylation sites is 2. The molecule has 9 aromatic carbocycles. The van der Waals surface area contributed by atoms with Crippen LogP contribution in [0.1, 0.15) is 0 Å². The van der Waals surface area contributed by atoms with E-state index in [4.69, 9.17) is 19.4 Å². The molecule has 0 aliphatic carbocycles. The lowest BCUT2D eigenvalue weighted by molar-refractivity contribution is 0.669. The zero-order chi connectivity index (χ0) is 40.0. The molecule has 4 heterocycles. The fraction of sp³-hybridized carbons (Fsp3) is 0. The number of nitrogens with zero attached hydrogens (tertiary/aromatic N) is 4. The van der Waals surface area contributed by atoms with Crippen LogP contribution < -0.4 is 0 Å². The molecular formula is C55H32N4OS. The number of aromatic nitrogens is 4. The van der Waals surface area contributed by atoms with E-state index in [1.807, 2.05) is 11.3 Å². The SMILES string of the molecule is c1ccc2cc(-c3nc(-c4ccc(-c5ccc6oc7ccc8sc9ccccc9c8c7c6c5)cc4)nc(-c4ccc(-n5c6ccccc6c6ccccc65)cc4)n3)ccc2c1. The molecule has 0 atom stereocenters. The molecule has 6 heteroatoms. The summed E-state index contributed by atoms with van der Waals surface area (Å²) in [7, 11) is 0. The largest absolute Gasteiger partial charge is 0.456 e. The van der Waals surface area contributed by atoms with Crippen LogP contribution in [0.2, 0.25) is 0 Å². The summed E-state index contributed by atoms with van der Waals surface area (Å²) in [6, 6.07) is 68.5. The molecule has 0 spiro atoms. The molecule has 284 valence electrons. The first-order valence-electron chi connectivity index (χ1n) is 20.4. The van der Waals surface area contributed by atoms with Gasteiger partial charge in [0.15, 0.2) is 17.5 Å². The summed E-state index contributed by atoms with van der Waals surface area (Å²) in [6.45, 7) is 0. The Morgan fingerprint density at radius 1 is 0.361 bits per heavy atom. The van der Waals surface area contributed by atoms with Gasteiger partial charge >= 0.3 is 0 Å². The summed E-state index contributed by atoms with van der Waals surface area (Å²) < 4.78 is 11.3. The molecule has 0 radical (unpaired) electrons. The smallest absolute Gasteiger partial charge is 0.164 e. The lowest BCUT2D eigenvalue weighted by atomic mass is 10.00. The predicted octanol–water partition coefficient (Wildman–Crippen LogP) is 15.1. The third-order valence-electron chi connectivity index (χ3n) is 12.1. The molecule has 13 rings (SSSR count). The maximum Gasteiger partial charge on any atom is 0.164 e. The summed E-state index contributed by atoms with van der Waals surface area (Å²) in [5.74, 6) is 1.87. The van der Waals surface area contributed by atoms with Crippen molar-refractivity contribution in [3.8, 4) is 51.0 Å². The number of rotatable bonds is 5. The molecule has 0 saturated carbocycles. The van der Waals surface area contributed by atoms with Gasteiger partial charge < -0.3 is 8.98 Å². The van der Waals surface area contributed by atoms with Crippen molar-refractivity contribution in [3.05, 3.63) is 194 Å². The maximum absolute atomic E-state index is 6.41. The molecule has 0 aliphatic heterocycles. The Hall–Kier alpha value is -7.93. The van der Waals surface area contributed by atoms with Crippen molar-refractivity contribution < 1.29 is 4.42 Å². The molecule has 0 amide bonds. The highest BCUT2D eigenvalue weighted by molar-refractivity contribution is 7.26. The first kappa shape index (κ1) is 34.0. The highest BCUT2D eigenvalue weighted by Crippen LogP contribution is 2.43. The second-order valence-corrected chi connectivity index (χ2v) is 16.7. The van der Waals surface area contributed by atoms with E-state index in [0.717, 1.165) is 55.4 Å². The van der Waals surface area contributed by atoms with Crippen molar-refractivity contribution in [2.75, 3.05) is 0 Å². The van der Waals surface area contributed by atoms with Crippen molar-refractivity contribution in [1.82, 2.24) is 19.5 Å². The summed E-state index contributed by atoms with van der Waals surface area (Å²) in [6.07, 6.45) is 0. The van der Waals surface area contributed by atoms with Gasteiger partial charge in [0.05, 0.1) is 11.0 Å². The summed E-state index contributed by atoms with van der Waals surface area (Å²) in [5.41, 5.74) is 10.2. The van der Waals surface area contributed by atoms with Gasteiger partial charge in [0.2, 0.25) is 0 Å². The quantitative estimate of drug-likeness (QED) is 0.174. The van der Waals surface area contributed by atoms with Gasteiger partial charge in [-0.05, 0) is 94.7 Å². The number of hydrogen-bond donors (Lipinski definition) is 0. The van der Waals surface area contributed by atoms with Gasteiger partial charge in [-0.15, -0.1) is 11.3 Å². The molecule has 0 saturated heterocycles. The van der Waals surface area contributed by atoms with Gasteiger partial charge in [-0.3, -0.25) is 0 Å². The van der Waals surface area contributed by atoms with Crippen LogP contribution in [0.15, 0.2) is 199 Å². The van der Waals surface area contributed by atoms with E-state index in [0.29, 0.717) is 17.5 Å². The Kier molecular flexibility index (Phi) is 7.41. The lowest BCUT2D eigenvalue weighted by Gasteiger charge is -2.11. The third-order valence-corrected chi connectivity index (χ3v) is 13.2. The van der Waals surface area contributed by atoms with Crippen LogP contribution in [0, 0.1) is 0 Å². The first-order chi connectivity index (χ1) is 30.2. The van der Waals surface area contributed by atoms with E-state index in [-0.39, 0.29) is 0 Å². The monoisotopic (exact) mass is 796 g/mol. The predicted molar refractivity (Wildman–Crippen MR) is 254 cm³/mol. The molecule has 13 aromatic rings. The Labute approximate surface area is 353 Å². The molecule has 4 aromatic heterocycles. The first-order valence-corrected chi connectivity index (χ1v) is 21.2. The van der Waals surface area contributed by atoms with Crippen LogP contribution in [0.25, 0.3) is 126 Å². The van der Waals surface area contributed by atoms with Crippen molar-refractivity contribution in [1.29, 1.82) is 0 Å². The van der Waals surface area contributed by atoms with E-state index < -0.39 is 0 Å². The van der Waals surface area contributed by atoms with Crippen LogP contribution in [-0.2, 0) is 0 Å². The standard InChI is InChI=1S/C55H32N4OS/c1-2-10-37-31-39(22-19-33(37)9-1)55-57-53(56-54(58-55)36-23-26-40(27-24-36)59-45-14-6-3-11-41(45)42-12-4-7-15-46(42)59)35-20-17-34(18-21-35)38-25-28-47-44(32-38)51-48(60-47)29-30-50-52(51)43-13-5-8-16-49(43)61-50/h1-32H. The number of benzene rings is 9. The highest BCUT2D eigenvalue weighted by Gasteiger charge is 2.18. The van der Waals surface area contributed by atoms with Crippen LogP contribution >= 0.6 is 11.3 Å². The van der Waals surface area contributed by atoms with Crippen LogP contribution in [0.4, 0.5) is 0 Å². The summed E-state index contributed by atoms with van der Waals surface area (Å²) >= 11 is 1.83. The number of furan rings is 1. The lowest BCUT2D eigenvalue weighted by Crippen LogP contribution is -2.00. The average Bonchev–Trinajstić information content (AvgIpc) is 4.00. The molecule has 0 aliphatic rings. The van der Waals surface area contributed by atoms with Crippen LogP contribution in [0.3, 0.4) is 0 Å². The minimum Gasteiger partial charge on any atom is -0.456 e. The Morgan fingerprint density at radius 2 is 0.918 bits per heavy atom. The summed E-state index contributed by atoms with van der Waals surface area (Å²) in [5, 5.41) is 9.61. The number of thiophene rings is 1. The Bertz CT molecular complexity index is 3820. The normalized spacial score (nSPS) is 11.9. The fourth-order valence-electron chi connectivity index (χ4n) is 9.13. The Balaban J connectivity index is 0.912. The van der Waals surface area contributed by atoms with Crippen LogP contribution in [0.5, 0.6) is 0 Å². The Morgan fingerprint density at radius 3 is 1.66 bits per heavy atom. The van der Waals surface area contributed by atoms with Gasteiger partial charge in [0.25, 0.3) is 0 Å². The van der Waals surface area contributed by atoms with E-state index in [1.165, 1.54) is 52.8 Å². The van der Waals surface area contributed by atoms with Gasteiger partial charge in [-0.2, -0.15) is 0 Å². The summed E-state index contributed by atoms with van der Waals surface area (Å²) in [4.78, 5) is 15.4. The second kappa shape index (κ2) is 13.3. The van der Waals surface area contributed by atoms with E-state index in [9.17, 15) is 0 Å². The molecule has 0 fully saturated rings. The topological polar surface area (TPSA) is 56.7 Å². The van der Waals surface area contributed by atoms with E-state index in [1.54, 1.807) is 0 Å². The molecule has 0 bridgehead atoms. The third kappa shape index (κ3) is 5.43. The van der Waals surface area contributed by atoms with Crippen molar-refractivity contribution in [3.63, 3.8) is 0 Å². The van der Waals surface area contributed by atoms with Gasteiger partial charge in [-0.1, -0.05) is 121 Å². The fourth-order valence-corrected chi connectivity index (χ4v) is 10.2. The highest BCUT2D eigenvalue weighted by atomic mass is 32.1. The molecule has 5 nitrogen and oxygen atoms in total. The second-order valence-electron chi connectivity index (χ2n) is 15.6. The molecule has 61 heavy (non-hydrogen) atoms. The minimum absolute atomic E-state index is 0.620. The van der Waals surface area contributed by atoms with E-state index >= 15 is 0 Å². The van der Waals surface area contributed by atoms with Gasteiger partial charge in [-0.25, -0.2) is 15.0 Å². The van der Waals surface area contributed by atoms with Crippen molar-refractivity contribution in [2.45, 2.75) is 0 Å². The molecule has 0 N–H and O–H groups in total. The van der Waals surface area contributed by atoms with Crippen molar-refractivity contribution in [2.24, 2.45) is 0 Å². The maximum atomic E-state index is 6.41. The zero-order valence-electron chi connectivity index (χ0n) is 32.6. The van der Waals surface area contributed by atoms with Crippen molar-refractivity contribution >= 4 is 86.0 Å². The van der Waals surface area contributed by atoms with Gasteiger partial charge in [0, 0.05) is 64.1 Å². The van der Waals surface area contributed by atoms with E-state index in [2.05, 4.69) is 199 Å². The number of fused-ring (bicyclic) bond motifs is 11. The van der Waals surface area contributed by atoms with Crippen LogP contribution in [-0.4, -0.2) is 19.5 Å². The average molecular weight is 797 g/mol. The molecular weight excluding hydrogens is 765 g/mol. The molecule has 0 unspecified atom stereocenters. The van der Waals surface area contributed by atoms with Gasteiger partial charge in [0.1, 0.15) is 11.2 Å². The number of hydrogen-bond acceptors (Lipinski definition) is 5. The minimum atomic E-state index is 0.620. The zero-order valence-corrected chi connectivity index (χ0v) is 33.4.